The summed E-state index contributed by atoms with van der Waals surface area (Å²) < 4.78 is 30.3. The van der Waals surface area contributed by atoms with Gasteiger partial charge < -0.3 is 14.2 Å². The molecule has 1 amide bonds. The summed E-state index contributed by atoms with van der Waals surface area (Å²) in [5, 5.41) is 0.237. The standard InChI is InChI=1S/C20H24N2O5S/c1-12-4-5-14-13(8-20(24)27-17(14)6-12)7-19(23)22-9-15-16(21(2)3)11-28(25,26)18(15)10-22/h4-6,8,15-16,18H,7,9-11H2,1-3H3/t15-,16-,18-/m0/s1. The molecule has 7 nitrogen and oxygen atoms in total. The van der Waals surface area contributed by atoms with Crippen molar-refractivity contribution in [3.05, 3.63) is 45.8 Å². The number of aryl methyl sites for hydroxylation is 1. The minimum absolute atomic E-state index is 0.0529. The summed E-state index contributed by atoms with van der Waals surface area (Å²) in [6.07, 6.45) is 0.0529. The number of benzene rings is 1. The van der Waals surface area contributed by atoms with Crippen molar-refractivity contribution in [2.24, 2.45) is 5.92 Å². The van der Waals surface area contributed by atoms with E-state index in [2.05, 4.69) is 0 Å². The number of rotatable bonds is 3. The van der Waals surface area contributed by atoms with Crippen molar-refractivity contribution in [2.75, 3.05) is 32.9 Å². The van der Waals surface area contributed by atoms with Gasteiger partial charge in [-0.25, -0.2) is 13.2 Å². The number of hydrogen-bond donors (Lipinski definition) is 0. The van der Waals surface area contributed by atoms with E-state index in [4.69, 9.17) is 4.42 Å². The Morgan fingerprint density at radius 3 is 2.71 bits per heavy atom. The molecule has 2 saturated heterocycles. The van der Waals surface area contributed by atoms with E-state index in [9.17, 15) is 18.0 Å². The average Bonchev–Trinajstić information content (AvgIpc) is 3.14. The van der Waals surface area contributed by atoms with Crippen molar-refractivity contribution in [1.29, 1.82) is 0 Å². The van der Waals surface area contributed by atoms with Gasteiger partial charge in [-0.3, -0.25) is 4.79 Å². The first-order chi connectivity index (χ1) is 13.2. The van der Waals surface area contributed by atoms with E-state index in [0.29, 0.717) is 17.7 Å². The molecule has 0 aliphatic carbocycles. The van der Waals surface area contributed by atoms with Crippen LogP contribution in [0.3, 0.4) is 0 Å². The highest BCUT2D eigenvalue weighted by Crippen LogP contribution is 2.36. The summed E-state index contributed by atoms with van der Waals surface area (Å²) in [6.45, 7) is 2.57. The molecule has 1 aromatic heterocycles. The molecule has 2 fully saturated rings. The van der Waals surface area contributed by atoms with Crippen LogP contribution in [0.25, 0.3) is 11.0 Å². The summed E-state index contributed by atoms with van der Waals surface area (Å²) in [7, 11) is 0.555. The SMILES string of the molecule is Cc1ccc2c(CC(=O)N3C[C@H]4[C@@H](N(C)C)CS(=O)(=O)[C@H]4C3)cc(=O)oc2c1. The topological polar surface area (TPSA) is 87.9 Å². The number of hydrogen-bond acceptors (Lipinski definition) is 6. The highest BCUT2D eigenvalue weighted by atomic mass is 32.2. The lowest BCUT2D eigenvalue weighted by Gasteiger charge is -2.25. The third kappa shape index (κ3) is 3.24. The van der Waals surface area contributed by atoms with Gasteiger partial charge in [-0.05, 0) is 38.2 Å². The van der Waals surface area contributed by atoms with Gasteiger partial charge in [0.2, 0.25) is 5.91 Å². The minimum atomic E-state index is -3.20. The molecule has 0 unspecified atom stereocenters. The van der Waals surface area contributed by atoms with Crippen molar-refractivity contribution < 1.29 is 17.6 Å². The van der Waals surface area contributed by atoms with Gasteiger partial charge in [0.05, 0.1) is 17.4 Å². The quantitative estimate of drug-likeness (QED) is 0.704. The van der Waals surface area contributed by atoms with Gasteiger partial charge in [-0.2, -0.15) is 0 Å². The number of nitrogens with zero attached hydrogens (tertiary/aromatic N) is 2. The second-order valence-corrected chi connectivity index (χ2v) is 10.4. The van der Waals surface area contributed by atoms with Gasteiger partial charge >= 0.3 is 5.63 Å². The summed E-state index contributed by atoms with van der Waals surface area (Å²) in [5.74, 6) is -0.0695. The van der Waals surface area contributed by atoms with E-state index in [0.717, 1.165) is 10.9 Å². The van der Waals surface area contributed by atoms with Crippen LogP contribution < -0.4 is 5.63 Å². The summed E-state index contributed by atoms with van der Waals surface area (Å²) >= 11 is 0. The Kier molecular flexibility index (Phi) is 4.58. The lowest BCUT2D eigenvalue weighted by atomic mass is 10.00. The van der Waals surface area contributed by atoms with Crippen LogP contribution in [0.1, 0.15) is 11.1 Å². The highest BCUT2D eigenvalue weighted by molar-refractivity contribution is 7.92. The Labute approximate surface area is 163 Å². The predicted octanol–water partition coefficient (Wildman–Crippen LogP) is 0.830. The second-order valence-electron chi connectivity index (χ2n) is 8.13. The zero-order valence-electron chi connectivity index (χ0n) is 16.2. The van der Waals surface area contributed by atoms with Crippen LogP contribution in [0.5, 0.6) is 0 Å². The molecule has 3 atom stereocenters. The van der Waals surface area contributed by atoms with Crippen LogP contribution in [0.4, 0.5) is 0 Å². The molecule has 2 aromatic rings. The fourth-order valence-corrected chi connectivity index (χ4v) is 7.00. The first kappa shape index (κ1) is 19.1. The summed E-state index contributed by atoms with van der Waals surface area (Å²) in [6, 6.07) is 6.82. The van der Waals surface area contributed by atoms with E-state index >= 15 is 0 Å². The molecule has 0 radical (unpaired) electrons. The van der Waals surface area contributed by atoms with Crippen molar-refractivity contribution in [2.45, 2.75) is 24.6 Å². The maximum Gasteiger partial charge on any atom is 0.336 e. The highest BCUT2D eigenvalue weighted by Gasteiger charge is 2.53. The average molecular weight is 404 g/mol. The van der Waals surface area contributed by atoms with Gasteiger partial charge in [0.1, 0.15) is 5.58 Å². The molecular formula is C20H24N2O5S. The fourth-order valence-electron chi connectivity index (χ4n) is 4.53. The molecular weight excluding hydrogens is 380 g/mol. The van der Waals surface area contributed by atoms with E-state index in [1.54, 1.807) is 11.0 Å². The van der Waals surface area contributed by atoms with Crippen LogP contribution >= 0.6 is 0 Å². The van der Waals surface area contributed by atoms with Gasteiger partial charge in [-0.1, -0.05) is 12.1 Å². The van der Waals surface area contributed by atoms with Crippen LogP contribution in [-0.2, 0) is 21.1 Å². The third-order valence-electron chi connectivity index (χ3n) is 6.01. The van der Waals surface area contributed by atoms with Gasteiger partial charge in [0.15, 0.2) is 9.84 Å². The predicted molar refractivity (Wildman–Crippen MR) is 106 cm³/mol. The summed E-state index contributed by atoms with van der Waals surface area (Å²) in [4.78, 5) is 28.4. The van der Waals surface area contributed by atoms with Crippen molar-refractivity contribution in [1.82, 2.24) is 9.80 Å². The number of fused-ring (bicyclic) bond motifs is 2. The zero-order valence-corrected chi connectivity index (χ0v) is 17.0. The number of carbonyl (C=O) groups excluding carboxylic acids is 1. The van der Waals surface area contributed by atoms with Crippen LogP contribution in [0.2, 0.25) is 0 Å². The maximum atomic E-state index is 12.9. The maximum absolute atomic E-state index is 12.9. The lowest BCUT2D eigenvalue weighted by molar-refractivity contribution is -0.129. The molecule has 8 heteroatoms. The second kappa shape index (κ2) is 6.70. The van der Waals surface area contributed by atoms with Gasteiger partial charge in [0.25, 0.3) is 0 Å². The van der Waals surface area contributed by atoms with Crippen LogP contribution in [0, 0.1) is 12.8 Å². The monoisotopic (exact) mass is 404 g/mol. The Morgan fingerprint density at radius 2 is 2.00 bits per heavy atom. The Balaban J connectivity index is 1.59. The van der Waals surface area contributed by atoms with Gasteiger partial charge in [0, 0.05) is 36.5 Å². The fraction of sp³-hybridized carbons (Fsp3) is 0.500. The molecule has 0 bridgehead atoms. The molecule has 0 N–H and O–H groups in total. The molecule has 28 heavy (non-hydrogen) atoms. The van der Waals surface area contributed by atoms with E-state index in [1.807, 2.05) is 38.1 Å². The van der Waals surface area contributed by atoms with Crippen molar-refractivity contribution in [3.63, 3.8) is 0 Å². The minimum Gasteiger partial charge on any atom is -0.423 e. The summed E-state index contributed by atoms with van der Waals surface area (Å²) in [5.41, 5.74) is 1.55. The molecule has 4 rings (SSSR count). The largest absolute Gasteiger partial charge is 0.423 e. The molecule has 1 aromatic carbocycles. The van der Waals surface area contributed by atoms with E-state index in [-0.39, 0.29) is 36.6 Å². The number of amides is 1. The van der Waals surface area contributed by atoms with E-state index in [1.165, 1.54) is 6.07 Å². The zero-order chi connectivity index (χ0) is 20.2. The number of sulfone groups is 1. The van der Waals surface area contributed by atoms with Crippen LogP contribution in [0.15, 0.2) is 33.5 Å². The molecule has 2 aliphatic heterocycles. The number of carbonyl (C=O) groups is 1. The molecule has 0 saturated carbocycles. The Bertz CT molecular complexity index is 1110. The first-order valence-corrected chi connectivity index (χ1v) is 11.1. The molecule has 150 valence electrons. The third-order valence-corrected chi connectivity index (χ3v) is 8.24. The Hall–Kier alpha value is -2.19. The van der Waals surface area contributed by atoms with Crippen molar-refractivity contribution in [3.8, 4) is 0 Å². The smallest absolute Gasteiger partial charge is 0.336 e. The normalized spacial score (nSPS) is 26.1. The molecule has 3 heterocycles. The number of likely N-dealkylation sites (tertiary alicyclic amines) is 1. The van der Waals surface area contributed by atoms with Crippen LogP contribution in [-0.4, -0.2) is 68.4 Å². The Morgan fingerprint density at radius 1 is 1.25 bits per heavy atom. The molecule has 0 spiro atoms. The lowest BCUT2D eigenvalue weighted by Crippen LogP contribution is -2.39. The van der Waals surface area contributed by atoms with E-state index < -0.39 is 20.7 Å². The molecule has 2 aliphatic rings. The van der Waals surface area contributed by atoms with Crippen molar-refractivity contribution >= 4 is 26.7 Å². The first-order valence-electron chi connectivity index (χ1n) is 9.35. The van der Waals surface area contributed by atoms with Gasteiger partial charge in [-0.15, -0.1) is 0 Å².